The molecule has 3 aliphatic heterocycles. The zero-order valence-corrected chi connectivity index (χ0v) is 22.4. The highest BCUT2D eigenvalue weighted by atomic mass is 32.2. The summed E-state index contributed by atoms with van der Waals surface area (Å²) >= 11 is 1.95. The van der Waals surface area contributed by atoms with Crippen LogP contribution in [0, 0.1) is 5.92 Å². The summed E-state index contributed by atoms with van der Waals surface area (Å²) in [5.74, 6) is -3.17. The van der Waals surface area contributed by atoms with Gasteiger partial charge in [0.1, 0.15) is 11.8 Å². The van der Waals surface area contributed by atoms with Gasteiger partial charge >= 0.3 is 11.0 Å². The Balaban J connectivity index is 1.42. The fourth-order valence-corrected chi connectivity index (χ4v) is 8.17. The fraction of sp³-hybridized carbons (Fsp3) is 0.333. The lowest BCUT2D eigenvalue weighted by molar-refractivity contribution is -0.138. The average molecular weight is 590 g/mol. The standard InChI is InChI=1S/C27H22F3N3O5S2/c28-27(29,30)16-7-4-8-17(13-16)33-23(35)20-19(15-5-2-1-3-6-15)22-25(39-21(20)24(33)36)32(26(37)40-22)14-18(34)31-9-11-38-12-10-31/h1-8,13,19-21H,9-12,14H2/t19-,20+,21-/m0/s1. The molecule has 1 aromatic heterocycles. The quantitative estimate of drug-likeness (QED) is 0.433. The number of benzene rings is 2. The van der Waals surface area contributed by atoms with Crippen molar-refractivity contribution >= 4 is 46.5 Å². The van der Waals surface area contributed by atoms with Crippen molar-refractivity contribution in [2.75, 3.05) is 31.2 Å². The molecule has 0 radical (unpaired) electrons. The van der Waals surface area contributed by atoms with Crippen LogP contribution < -0.4 is 9.77 Å². The lowest BCUT2D eigenvalue weighted by atomic mass is 9.83. The van der Waals surface area contributed by atoms with Crippen LogP contribution in [0.4, 0.5) is 18.9 Å². The Bertz CT molecular complexity index is 1550. The van der Waals surface area contributed by atoms with Gasteiger partial charge in [0, 0.05) is 23.9 Å². The maximum absolute atomic E-state index is 13.8. The van der Waals surface area contributed by atoms with Gasteiger partial charge in [-0.3, -0.25) is 23.7 Å². The molecule has 3 aliphatic rings. The molecule has 40 heavy (non-hydrogen) atoms. The van der Waals surface area contributed by atoms with Crippen LogP contribution in [-0.2, 0) is 31.8 Å². The summed E-state index contributed by atoms with van der Waals surface area (Å²) in [5, 5.41) is -0.558. The first-order chi connectivity index (χ1) is 19.1. The summed E-state index contributed by atoms with van der Waals surface area (Å²) in [6, 6.07) is 13.1. The second kappa shape index (κ2) is 10.2. The molecule has 13 heteroatoms. The molecule has 2 saturated heterocycles. The highest BCUT2D eigenvalue weighted by Gasteiger charge is 2.57. The molecule has 208 valence electrons. The number of thiazole rings is 1. The van der Waals surface area contributed by atoms with Crippen LogP contribution in [-0.4, -0.2) is 58.7 Å². The van der Waals surface area contributed by atoms with E-state index in [9.17, 15) is 32.3 Å². The van der Waals surface area contributed by atoms with Gasteiger partial charge in [0.25, 0.3) is 0 Å². The maximum Gasteiger partial charge on any atom is 0.416 e. The number of fused-ring (bicyclic) bond motifs is 2. The number of halogens is 3. The Morgan fingerprint density at radius 1 is 0.975 bits per heavy atom. The summed E-state index contributed by atoms with van der Waals surface area (Å²) in [6.45, 7) is 1.39. The van der Waals surface area contributed by atoms with Gasteiger partial charge in [0.2, 0.25) is 17.7 Å². The number of aromatic nitrogens is 1. The van der Waals surface area contributed by atoms with Crippen molar-refractivity contribution in [1.29, 1.82) is 0 Å². The Labute approximate surface area is 234 Å². The number of nitrogens with zero attached hydrogens (tertiary/aromatic N) is 3. The summed E-state index contributed by atoms with van der Waals surface area (Å²) in [4.78, 5) is 56.4. The van der Waals surface area contributed by atoms with Crippen LogP contribution in [0.5, 0.6) is 0 Å². The Morgan fingerprint density at radius 2 is 1.70 bits per heavy atom. The molecule has 2 aromatic carbocycles. The van der Waals surface area contributed by atoms with Crippen LogP contribution >= 0.6 is 23.1 Å². The second-order valence-corrected chi connectivity index (χ2v) is 11.8. The van der Waals surface area contributed by atoms with Gasteiger partial charge in [-0.15, -0.1) is 0 Å². The third-order valence-corrected chi connectivity index (χ3v) is 9.90. The minimum atomic E-state index is -4.65. The van der Waals surface area contributed by atoms with E-state index in [-0.39, 0.29) is 23.0 Å². The van der Waals surface area contributed by atoms with Crippen molar-refractivity contribution in [3.63, 3.8) is 0 Å². The van der Waals surface area contributed by atoms with Crippen molar-refractivity contribution in [3.05, 3.63) is 80.3 Å². The average Bonchev–Trinajstić information content (AvgIpc) is 3.39. The SMILES string of the molecule is O=C(Cn1c2c(sc1=O)[C@@H](c1ccccc1)[C@H]1C(=O)N(c3cccc(C(F)(F)F)c3)C(=O)[C@H]1S2)N1CCOCC1. The number of alkyl halides is 3. The normalized spacial score (nSPS) is 22.8. The van der Waals surface area contributed by atoms with Crippen LogP contribution in [0.15, 0.2) is 64.4 Å². The second-order valence-electron chi connectivity index (χ2n) is 9.63. The Morgan fingerprint density at radius 3 is 2.40 bits per heavy atom. The van der Waals surface area contributed by atoms with Gasteiger partial charge in [-0.2, -0.15) is 13.2 Å². The van der Waals surface area contributed by atoms with Crippen LogP contribution in [0.1, 0.15) is 21.9 Å². The van der Waals surface area contributed by atoms with Crippen molar-refractivity contribution < 1.29 is 32.3 Å². The van der Waals surface area contributed by atoms with E-state index in [1.54, 1.807) is 35.2 Å². The molecule has 0 unspecified atom stereocenters. The predicted molar refractivity (Wildman–Crippen MR) is 141 cm³/mol. The number of imide groups is 1. The number of amides is 3. The highest BCUT2D eigenvalue weighted by Crippen LogP contribution is 2.54. The number of anilines is 1. The molecule has 3 amide bonds. The van der Waals surface area contributed by atoms with Crippen molar-refractivity contribution in [2.24, 2.45) is 5.92 Å². The third kappa shape index (κ3) is 4.55. The molecule has 0 aliphatic carbocycles. The van der Waals surface area contributed by atoms with E-state index in [4.69, 9.17) is 4.74 Å². The number of carbonyl (C=O) groups is 3. The van der Waals surface area contributed by atoms with Gasteiger partial charge in [-0.1, -0.05) is 59.5 Å². The van der Waals surface area contributed by atoms with Crippen molar-refractivity contribution in [1.82, 2.24) is 9.47 Å². The number of ether oxygens (including phenoxy) is 1. The van der Waals surface area contributed by atoms with Gasteiger partial charge < -0.3 is 9.64 Å². The molecular formula is C27H22F3N3O5S2. The lowest BCUT2D eigenvalue weighted by Gasteiger charge is -2.31. The molecule has 8 nitrogen and oxygen atoms in total. The van der Waals surface area contributed by atoms with Gasteiger partial charge in [0.05, 0.1) is 35.4 Å². The first-order valence-electron chi connectivity index (χ1n) is 12.5. The van der Waals surface area contributed by atoms with Crippen molar-refractivity contribution in [3.8, 4) is 0 Å². The van der Waals surface area contributed by atoms with E-state index < -0.39 is 40.6 Å². The van der Waals surface area contributed by atoms with Gasteiger partial charge in [-0.25, -0.2) is 4.90 Å². The predicted octanol–water partition coefficient (Wildman–Crippen LogP) is 3.58. The molecule has 6 rings (SSSR count). The molecule has 0 bridgehead atoms. The third-order valence-electron chi connectivity index (χ3n) is 7.30. The summed E-state index contributed by atoms with van der Waals surface area (Å²) in [5.41, 5.74) is -0.434. The van der Waals surface area contributed by atoms with E-state index >= 15 is 0 Å². The molecule has 4 heterocycles. The first-order valence-corrected chi connectivity index (χ1v) is 14.2. The van der Waals surface area contributed by atoms with Gasteiger partial charge in [0.15, 0.2) is 0 Å². The van der Waals surface area contributed by atoms with E-state index in [0.29, 0.717) is 41.8 Å². The number of hydrogen-bond acceptors (Lipinski definition) is 7. The molecule has 0 spiro atoms. The summed E-state index contributed by atoms with van der Waals surface area (Å²) in [6.07, 6.45) is -4.65. The smallest absolute Gasteiger partial charge is 0.378 e. The topological polar surface area (TPSA) is 88.9 Å². The van der Waals surface area contributed by atoms with Crippen LogP contribution in [0.3, 0.4) is 0 Å². The number of morpholine rings is 1. The van der Waals surface area contributed by atoms with Crippen LogP contribution in [0.2, 0.25) is 0 Å². The number of carbonyl (C=O) groups excluding carboxylic acids is 3. The monoisotopic (exact) mass is 589 g/mol. The van der Waals surface area contributed by atoms with Gasteiger partial charge in [-0.05, 0) is 23.8 Å². The number of thioether (sulfide) groups is 1. The van der Waals surface area contributed by atoms with E-state index in [1.165, 1.54) is 10.6 Å². The molecule has 3 aromatic rings. The molecular weight excluding hydrogens is 567 g/mol. The minimum Gasteiger partial charge on any atom is -0.378 e. The summed E-state index contributed by atoms with van der Waals surface area (Å²) in [7, 11) is 0. The Hall–Kier alpha value is -3.42. The maximum atomic E-state index is 13.8. The minimum absolute atomic E-state index is 0.158. The van der Waals surface area contributed by atoms with Crippen molar-refractivity contribution in [2.45, 2.75) is 28.9 Å². The zero-order chi connectivity index (χ0) is 28.2. The lowest BCUT2D eigenvalue weighted by Crippen LogP contribution is -2.43. The van der Waals surface area contributed by atoms with E-state index in [0.717, 1.165) is 46.2 Å². The number of hydrogen-bond donors (Lipinski definition) is 0. The molecule has 3 atom stereocenters. The highest BCUT2D eigenvalue weighted by molar-refractivity contribution is 8.00. The molecule has 0 saturated carbocycles. The first kappa shape index (κ1) is 26.8. The van der Waals surface area contributed by atoms with E-state index in [1.807, 2.05) is 0 Å². The fourth-order valence-electron chi connectivity index (χ4n) is 5.40. The molecule has 2 fully saturated rings. The number of rotatable bonds is 4. The van der Waals surface area contributed by atoms with Crippen LogP contribution in [0.25, 0.3) is 0 Å². The summed E-state index contributed by atoms with van der Waals surface area (Å²) < 4.78 is 46.9. The largest absolute Gasteiger partial charge is 0.416 e. The van der Waals surface area contributed by atoms with E-state index in [2.05, 4.69) is 0 Å². The Kier molecular flexibility index (Phi) is 6.83. The zero-order valence-electron chi connectivity index (χ0n) is 20.8. The molecule has 0 N–H and O–H groups in total.